The monoisotopic (exact) mass is 335 g/mol. The smallest absolute Gasteiger partial charge is 0.313 e. The summed E-state index contributed by atoms with van der Waals surface area (Å²) in [6.45, 7) is 3.70. The van der Waals surface area contributed by atoms with Gasteiger partial charge in [-0.25, -0.2) is 9.45 Å². The highest BCUT2D eigenvalue weighted by Gasteiger charge is 2.29. The molecular weight excluding hydrogens is 313 g/mol. The predicted molar refractivity (Wildman–Crippen MR) is 87.1 cm³/mol. The van der Waals surface area contributed by atoms with Crippen LogP contribution in [0.3, 0.4) is 0 Å². The molecule has 1 amide bonds. The summed E-state index contributed by atoms with van der Waals surface area (Å²) in [4.78, 5) is 17.4. The fourth-order valence-corrected chi connectivity index (χ4v) is 2.19. The first-order chi connectivity index (χ1) is 11.3. The van der Waals surface area contributed by atoms with Crippen LogP contribution in [0.5, 0.6) is 0 Å². The molecule has 0 fully saturated rings. The number of benzene rings is 1. The lowest BCUT2D eigenvalue weighted by Gasteiger charge is -2.19. The Morgan fingerprint density at radius 1 is 1.25 bits per heavy atom. The Morgan fingerprint density at radius 3 is 2.42 bits per heavy atom. The van der Waals surface area contributed by atoms with Gasteiger partial charge in [0.05, 0.1) is 7.11 Å². The van der Waals surface area contributed by atoms with Crippen LogP contribution in [-0.2, 0) is 21.6 Å². The van der Waals surface area contributed by atoms with Gasteiger partial charge in [-0.2, -0.15) is 0 Å². The third-order valence-corrected chi connectivity index (χ3v) is 3.97. The minimum atomic E-state index is -0.679. The molecule has 0 atom stereocenters. The maximum Gasteiger partial charge on any atom is 0.313 e. The molecule has 0 saturated heterocycles. The quantitative estimate of drug-likeness (QED) is 0.758. The number of hydroxylamine groups is 2. The van der Waals surface area contributed by atoms with Gasteiger partial charge in [-0.05, 0) is 37.6 Å². The van der Waals surface area contributed by atoms with E-state index in [-0.39, 0.29) is 11.6 Å². The molecule has 0 aliphatic heterocycles. The van der Waals surface area contributed by atoms with Crippen molar-refractivity contribution in [2.24, 2.45) is 0 Å². The van der Waals surface area contributed by atoms with Crippen molar-refractivity contribution in [2.75, 3.05) is 21.3 Å². The summed E-state index contributed by atoms with van der Waals surface area (Å²) in [5.74, 6) is 0.0223. The number of hydrogen-bond acceptors (Lipinski definition) is 4. The number of nitrogens with zero attached hydrogens (tertiary/aromatic N) is 1. The first kappa shape index (κ1) is 18.2. The number of methoxy groups -OCH3 is 1. The molecule has 6 heteroatoms. The Kier molecular flexibility index (Phi) is 5.41. The minimum Gasteiger partial charge on any atom is -0.452 e. The van der Waals surface area contributed by atoms with E-state index < -0.39 is 11.5 Å². The second-order valence-electron chi connectivity index (χ2n) is 5.97. The van der Waals surface area contributed by atoms with Gasteiger partial charge in [-0.3, -0.25) is 9.63 Å². The summed E-state index contributed by atoms with van der Waals surface area (Å²) >= 11 is 0. The van der Waals surface area contributed by atoms with Crippen LogP contribution in [0.4, 0.5) is 4.39 Å². The van der Waals surface area contributed by atoms with Crippen molar-refractivity contribution in [3.8, 4) is 0 Å². The molecule has 1 aromatic heterocycles. The van der Waals surface area contributed by atoms with Crippen molar-refractivity contribution in [1.29, 1.82) is 0 Å². The third-order valence-electron chi connectivity index (χ3n) is 3.97. The molecule has 2 rings (SSSR count). The molecule has 0 saturated carbocycles. The van der Waals surface area contributed by atoms with Crippen molar-refractivity contribution >= 4 is 5.91 Å². The van der Waals surface area contributed by atoms with Gasteiger partial charge in [0, 0.05) is 26.1 Å². The van der Waals surface area contributed by atoms with Gasteiger partial charge in [-0.1, -0.05) is 12.1 Å². The van der Waals surface area contributed by atoms with Crippen molar-refractivity contribution in [3.05, 3.63) is 58.8 Å². The summed E-state index contributed by atoms with van der Waals surface area (Å²) < 4.78 is 24.3. The fourth-order valence-electron chi connectivity index (χ4n) is 2.19. The SMILES string of the molecule is CON(C)C(=O)c1oc(C(C)(C)OC)cc1Cc1ccc(F)cc1. The van der Waals surface area contributed by atoms with Crippen molar-refractivity contribution in [3.63, 3.8) is 0 Å². The highest BCUT2D eigenvalue weighted by atomic mass is 19.1. The van der Waals surface area contributed by atoms with Gasteiger partial charge in [0.15, 0.2) is 5.76 Å². The average Bonchev–Trinajstić information content (AvgIpc) is 3.00. The molecule has 0 unspecified atom stereocenters. The number of hydrogen-bond donors (Lipinski definition) is 0. The lowest BCUT2D eigenvalue weighted by atomic mass is 10.0. The van der Waals surface area contributed by atoms with Crippen molar-refractivity contribution in [1.82, 2.24) is 5.06 Å². The maximum absolute atomic E-state index is 13.1. The molecule has 5 nitrogen and oxygen atoms in total. The van der Waals surface area contributed by atoms with Crippen LogP contribution >= 0.6 is 0 Å². The van der Waals surface area contributed by atoms with Crippen LogP contribution in [0.15, 0.2) is 34.7 Å². The number of carbonyl (C=O) groups is 1. The molecule has 0 aliphatic rings. The Bertz CT molecular complexity index is 706. The molecular formula is C18H22FNO4. The van der Waals surface area contributed by atoms with Gasteiger partial charge >= 0.3 is 5.91 Å². The van der Waals surface area contributed by atoms with E-state index in [0.717, 1.165) is 10.6 Å². The topological polar surface area (TPSA) is 51.9 Å². The molecule has 24 heavy (non-hydrogen) atoms. The zero-order valence-electron chi connectivity index (χ0n) is 14.6. The Balaban J connectivity index is 2.43. The lowest BCUT2D eigenvalue weighted by molar-refractivity contribution is -0.0779. The molecule has 0 aliphatic carbocycles. The van der Waals surface area contributed by atoms with Gasteiger partial charge < -0.3 is 9.15 Å². The van der Waals surface area contributed by atoms with E-state index in [9.17, 15) is 9.18 Å². The van der Waals surface area contributed by atoms with Gasteiger partial charge in [0.2, 0.25) is 0 Å². The van der Waals surface area contributed by atoms with Crippen molar-refractivity contribution in [2.45, 2.75) is 25.9 Å². The van der Waals surface area contributed by atoms with Crippen LogP contribution < -0.4 is 0 Å². The van der Waals surface area contributed by atoms with Crippen LogP contribution in [0.25, 0.3) is 0 Å². The number of halogens is 1. The largest absolute Gasteiger partial charge is 0.452 e. The van der Waals surface area contributed by atoms with E-state index in [2.05, 4.69) is 0 Å². The minimum absolute atomic E-state index is 0.184. The second-order valence-corrected chi connectivity index (χ2v) is 5.97. The van der Waals surface area contributed by atoms with E-state index in [1.54, 1.807) is 25.3 Å². The summed E-state index contributed by atoms with van der Waals surface area (Å²) in [6, 6.07) is 7.93. The van der Waals surface area contributed by atoms with Gasteiger partial charge in [0.25, 0.3) is 0 Å². The van der Waals surface area contributed by atoms with E-state index >= 15 is 0 Å². The van der Waals surface area contributed by atoms with Crippen molar-refractivity contribution < 1.29 is 23.2 Å². The van der Waals surface area contributed by atoms with E-state index in [1.165, 1.54) is 26.3 Å². The average molecular weight is 335 g/mol. The third kappa shape index (κ3) is 3.83. The summed E-state index contributed by atoms with van der Waals surface area (Å²) in [5, 5.41) is 1.09. The lowest BCUT2D eigenvalue weighted by Crippen LogP contribution is -2.26. The Labute approximate surface area is 140 Å². The molecule has 0 bridgehead atoms. The van der Waals surface area contributed by atoms with Gasteiger partial charge in [0.1, 0.15) is 17.2 Å². The number of carbonyl (C=O) groups excluding carboxylic acids is 1. The van der Waals surface area contributed by atoms with E-state index in [1.807, 2.05) is 13.8 Å². The molecule has 0 radical (unpaired) electrons. The van der Waals surface area contributed by atoms with Crippen LogP contribution in [0.1, 0.15) is 41.3 Å². The maximum atomic E-state index is 13.1. The molecule has 2 aromatic rings. The van der Waals surface area contributed by atoms with Gasteiger partial charge in [-0.15, -0.1) is 0 Å². The Hall–Kier alpha value is -2.18. The molecule has 1 heterocycles. The molecule has 130 valence electrons. The molecule has 1 aromatic carbocycles. The summed E-state index contributed by atoms with van der Waals surface area (Å²) in [6.07, 6.45) is 0.433. The number of rotatable bonds is 6. The summed E-state index contributed by atoms with van der Waals surface area (Å²) in [7, 11) is 4.49. The van der Waals surface area contributed by atoms with Crippen LogP contribution in [0, 0.1) is 5.82 Å². The highest BCUT2D eigenvalue weighted by molar-refractivity contribution is 5.92. The van der Waals surface area contributed by atoms with Crippen LogP contribution in [-0.4, -0.2) is 32.2 Å². The first-order valence-corrected chi connectivity index (χ1v) is 7.53. The number of ether oxygens (including phenoxy) is 1. The molecule has 0 spiro atoms. The zero-order valence-corrected chi connectivity index (χ0v) is 14.6. The van der Waals surface area contributed by atoms with E-state index in [4.69, 9.17) is 14.0 Å². The predicted octanol–water partition coefficient (Wildman–Crippen LogP) is 3.52. The second kappa shape index (κ2) is 7.15. The van der Waals surface area contributed by atoms with Crippen LogP contribution in [0.2, 0.25) is 0 Å². The summed E-state index contributed by atoms with van der Waals surface area (Å²) in [5.41, 5.74) is 0.880. The highest BCUT2D eigenvalue weighted by Crippen LogP contribution is 2.30. The fraction of sp³-hybridized carbons (Fsp3) is 0.389. The molecule has 0 N–H and O–H groups in total. The Morgan fingerprint density at radius 2 is 1.88 bits per heavy atom. The standard InChI is InChI=1S/C18H22FNO4/c1-18(2,22-4)15-11-13(10-12-6-8-14(19)9-7-12)16(24-15)17(21)20(3)23-5/h6-9,11H,10H2,1-5H3. The first-order valence-electron chi connectivity index (χ1n) is 7.53. The van der Waals surface area contributed by atoms with E-state index in [0.29, 0.717) is 17.7 Å². The number of amides is 1. The number of furan rings is 1. The normalized spacial score (nSPS) is 11.6. The zero-order chi connectivity index (χ0) is 17.9.